The molecule has 1 N–H and O–H groups in total. The summed E-state index contributed by atoms with van der Waals surface area (Å²) in [7, 11) is 0. The van der Waals surface area contributed by atoms with Crippen LogP contribution >= 0.6 is 0 Å². The van der Waals surface area contributed by atoms with Gasteiger partial charge in [0.1, 0.15) is 6.61 Å². The Morgan fingerprint density at radius 2 is 2.00 bits per heavy atom. The normalized spacial score (nSPS) is 26.8. The maximum atomic E-state index is 13.7. The van der Waals surface area contributed by atoms with Crippen molar-refractivity contribution in [2.24, 2.45) is 0 Å². The summed E-state index contributed by atoms with van der Waals surface area (Å²) < 4.78 is 56.1. The Hall–Kier alpha value is -2.33. The number of alkyl halides is 3. The van der Waals surface area contributed by atoms with Crippen molar-refractivity contribution in [2.45, 2.75) is 50.5 Å². The average molecular weight is 402 g/mol. The molecule has 1 amide bonds. The first-order chi connectivity index (χ1) is 13.3. The summed E-state index contributed by atoms with van der Waals surface area (Å²) in [5.41, 5.74) is -2.14. The number of benzene rings is 1. The SMILES string of the molecule is CCOC(=O)C[C@]1(C(F)(F)F)N[C@H]2CCN(C(=O)OCc3ccccc3)[C@H]2O1. The fraction of sp³-hybridized carbons (Fsp3) is 0.556. The van der Waals surface area contributed by atoms with Gasteiger partial charge in [-0.3, -0.25) is 15.0 Å². The van der Waals surface area contributed by atoms with E-state index in [-0.39, 0.29) is 26.2 Å². The second-order valence-corrected chi connectivity index (χ2v) is 6.59. The summed E-state index contributed by atoms with van der Waals surface area (Å²) in [6.45, 7) is 1.63. The third-order valence-corrected chi connectivity index (χ3v) is 4.67. The standard InChI is InChI=1S/C18H21F3N2O5/c1-2-26-14(24)10-17(18(19,20)21)22-13-8-9-23(15(13)28-17)16(25)27-11-12-6-4-3-5-7-12/h3-7,13,15,22H,2,8-11H2,1H3/t13-,15-,17-/m0/s1. The van der Waals surface area contributed by atoms with E-state index < -0.39 is 42.7 Å². The molecular formula is C18H21F3N2O5. The first-order valence-electron chi connectivity index (χ1n) is 8.91. The Balaban J connectivity index is 1.68. The molecule has 7 nitrogen and oxygen atoms in total. The van der Waals surface area contributed by atoms with Crippen molar-refractivity contribution in [1.82, 2.24) is 10.2 Å². The van der Waals surface area contributed by atoms with Gasteiger partial charge in [-0.15, -0.1) is 0 Å². The smallest absolute Gasteiger partial charge is 0.431 e. The van der Waals surface area contributed by atoms with Crippen LogP contribution in [0.4, 0.5) is 18.0 Å². The summed E-state index contributed by atoms with van der Waals surface area (Å²) in [5.74, 6) is -1.04. The molecule has 2 aliphatic heterocycles. The molecule has 0 spiro atoms. The predicted molar refractivity (Wildman–Crippen MR) is 89.8 cm³/mol. The fourth-order valence-corrected chi connectivity index (χ4v) is 3.35. The van der Waals surface area contributed by atoms with Crippen molar-refractivity contribution in [2.75, 3.05) is 13.2 Å². The highest BCUT2D eigenvalue weighted by molar-refractivity contribution is 5.71. The van der Waals surface area contributed by atoms with Gasteiger partial charge in [0.2, 0.25) is 5.72 Å². The van der Waals surface area contributed by atoms with E-state index in [0.29, 0.717) is 0 Å². The number of fused-ring (bicyclic) bond motifs is 1. The van der Waals surface area contributed by atoms with E-state index in [0.717, 1.165) is 10.5 Å². The van der Waals surface area contributed by atoms with E-state index in [9.17, 15) is 22.8 Å². The number of halogens is 3. The quantitative estimate of drug-likeness (QED) is 0.763. The van der Waals surface area contributed by atoms with Gasteiger partial charge in [-0.2, -0.15) is 13.2 Å². The molecule has 3 atom stereocenters. The highest BCUT2D eigenvalue weighted by atomic mass is 19.4. The minimum atomic E-state index is -4.87. The van der Waals surface area contributed by atoms with Crippen LogP contribution in [0.25, 0.3) is 0 Å². The number of nitrogens with one attached hydrogen (secondary N) is 1. The molecule has 2 saturated heterocycles. The van der Waals surface area contributed by atoms with Crippen molar-refractivity contribution in [3.05, 3.63) is 35.9 Å². The van der Waals surface area contributed by atoms with Crippen molar-refractivity contribution >= 4 is 12.1 Å². The van der Waals surface area contributed by atoms with Crippen LogP contribution in [-0.2, 0) is 25.6 Å². The zero-order valence-electron chi connectivity index (χ0n) is 15.2. The fourth-order valence-electron chi connectivity index (χ4n) is 3.35. The van der Waals surface area contributed by atoms with Gasteiger partial charge in [0, 0.05) is 6.54 Å². The summed E-state index contributed by atoms with van der Waals surface area (Å²) in [5, 5.41) is 2.36. The van der Waals surface area contributed by atoms with Crippen LogP contribution in [0.2, 0.25) is 0 Å². The van der Waals surface area contributed by atoms with E-state index in [4.69, 9.17) is 9.47 Å². The molecule has 2 aliphatic rings. The van der Waals surface area contributed by atoms with Gasteiger partial charge in [0.05, 0.1) is 19.1 Å². The number of amides is 1. The van der Waals surface area contributed by atoms with Gasteiger partial charge >= 0.3 is 18.2 Å². The van der Waals surface area contributed by atoms with Gasteiger partial charge in [0.15, 0.2) is 6.23 Å². The average Bonchev–Trinajstić information content (AvgIpc) is 3.18. The highest BCUT2D eigenvalue weighted by Gasteiger charge is 2.66. The van der Waals surface area contributed by atoms with Crippen molar-refractivity contribution in [3.63, 3.8) is 0 Å². The third kappa shape index (κ3) is 4.07. The second kappa shape index (κ2) is 7.96. The first kappa shape index (κ1) is 20.4. The zero-order valence-corrected chi connectivity index (χ0v) is 15.2. The number of rotatable bonds is 5. The minimum Gasteiger partial charge on any atom is -0.466 e. The van der Waals surface area contributed by atoms with Gasteiger partial charge in [-0.25, -0.2) is 4.79 Å². The molecule has 0 unspecified atom stereocenters. The summed E-state index contributed by atoms with van der Waals surface area (Å²) >= 11 is 0. The largest absolute Gasteiger partial charge is 0.466 e. The van der Waals surface area contributed by atoms with Crippen molar-refractivity contribution in [1.29, 1.82) is 0 Å². The third-order valence-electron chi connectivity index (χ3n) is 4.67. The van der Waals surface area contributed by atoms with E-state index >= 15 is 0 Å². The van der Waals surface area contributed by atoms with Crippen molar-refractivity contribution < 1.29 is 37.0 Å². The second-order valence-electron chi connectivity index (χ2n) is 6.59. The lowest BCUT2D eigenvalue weighted by Crippen LogP contribution is -2.57. The molecule has 0 aliphatic carbocycles. The molecule has 0 saturated carbocycles. The van der Waals surface area contributed by atoms with Crippen LogP contribution in [0.5, 0.6) is 0 Å². The number of likely N-dealkylation sites (tertiary alicyclic amines) is 1. The van der Waals surface area contributed by atoms with Crippen LogP contribution in [0.1, 0.15) is 25.3 Å². The number of nitrogens with zero attached hydrogens (tertiary/aromatic N) is 1. The summed E-state index contributed by atoms with van der Waals surface area (Å²) in [4.78, 5) is 25.2. The van der Waals surface area contributed by atoms with Crippen LogP contribution < -0.4 is 5.32 Å². The maximum absolute atomic E-state index is 13.7. The number of hydrogen-bond acceptors (Lipinski definition) is 6. The molecule has 2 heterocycles. The van der Waals surface area contributed by atoms with Crippen LogP contribution in [0.15, 0.2) is 30.3 Å². The number of ether oxygens (including phenoxy) is 3. The molecule has 0 bridgehead atoms. The van der Waals surface area contributed by atoms with Crippen molar-refractivity contribution in [3.8, 4) is 0 Å². The van der Waals surface area contributed by atoms with Gasteiger partial charge in [-0.1, -0.05) is 30.3 Å². The van der Waals surface area contributed by atoms with E-state index in [1.165, 1.54) is 6.92 Å². The molecule has 0 radical (unpaired) electrons. The summed E-state index contributed by atoms with van der Waals surface area (Å²) in [6.07, 6.45) is -7.62. The molecule has 1 aromatic carbocycles. The lowest BCUT2D eigenvalue weighted by Gasteiger charge is -2.32. The number of esters is 1. The molecule has 3 rings (SSSR count). The molecule has 28 heavy (non-hydrogen) atoms. The van der Waals surface area contributed by atoms with E-state index in [1.54, 1.807) is 24.3 Å². The van der Waals surface area contributed by atoms with Crippen LogP contribution in [0.3, 0.4) is 0 Å². The monoisotopic (exact) mass is 402 g/mol. The highest BCUT2D eigenvalue weighted by Crippen LogP contribution is 2.43. The molecule has 154 valence electrons. The number of carbonyl (C=O) groups excluding carboxylic acids is 2. The Kier molecular flexibility index (Phi) is 5.80. The van der Waals surface area contributed by atoms with Gasteiger partial charge in [-0.05, 0) is 18.9 Å². The van der Waals surface area contributed by atoms with Gasteiger partial charge in [0.25, 0.3) is 0 Å². The van der Waals surface area contributed by atoms with Gasteiger partial charge < -0.3 is 14.2 Å². The molecule has 0 aromatic heterocycles. The number of carbonyl (C=O) groups is 2. The predicted octanol–water partition coefficient (Wildman–Crippen LogP) is 2.56. The molecular weight excluding hydrogens is 381 g/mol. The van der Waals surface area contributed by atoms with Crippen LogP contribution in [0, 0.1) is 0 Å². The zero-order chi connectivity index (χ0) is 20.4. The number of hydrogen-bond donors (Lipinski definition) is 1. The molecule has 2 fully saturated rings. The summed E-state index contributed by atoms with van der Waals surface area (Å²) in [6, 6.07) is 8.15. The Morgan fingerprint density at radius 1 is 1.29 bits per heavy atom. The molecule has 1 aromatic rings. The lowest BCUT2D eigenvalue weighted by molar-refractivity contribution is -0.289. The Labute approximate surface area is 159 Å². The topological polar surface area (TPSA) is 77.1 Å². The van der Waals surface area contributed by atoms with E-state index in [1.807, 2.05) is 6.07 Å². The Bertz CT molecular complexity index is 715. The Morgan fingerprint density at radius 3 is 2.64 bits per heavy atom. The lowest BCUT2D eigenvalue weighted by atomic mass is 10.1. The molecule has 10 heteroatoms. The van der Waals surface area contributed by atoms with E-state index in [2.05, 4.69) is 10.1 Å². The minimum absolute atomic E-state index is 0.00573. The van der Waals surface area contributed by atoms with Crippen LogP contribution in [-0.4, -0.2) is 54.3 Å². The first-order valence-corrected chi connectivity index (χ1v) is 8.91. The maximum Gasteiger partial charge on any atom is 0.431 e.